The first-order valence-corrected chi connectivity index (χ1v) is 8.39. The van der Waals surface area contributed by atoms with Crippen LogP contribution in [0.15, 0.2) is 48.5 Å². The number of aryl methyl sites for hydroxylation is 1. The molecule has 2 rings (SSSR count). The maximum absolute atomic E-state index is 14.0. The first-order valence-electron chi connectivity index (χ1n) is 8.39. The molecule has 0 aliphatic heterocycles. The normalized spacial score (nSPS) is 13.9. The average molecular weight is 383 g/mol. The average Bonchev–Trinajstić information content (AvgIpc) is 2.64. The van der Waals surface area contributed by atoms with E-state index in [9.17, 15) is 22.4 Å². The minimum Gasteiger partial charge on any atom is -0.372 e. The maximum atomic E-state index is 14.0. The van der Waals surface area contributed by atoms with E-state index in [1.54, 1.807) is 25.1 Å². The lowest BCUT2D eigenvalue weighted by Gasteiger charge is -2.29. The molecule has 146 valence electrons. The lowest BCUT2D eigenvalue weighted by atomic mass is 9.95. The lowest BCUT2D eigenvalue weighted by Crippen LogP contribution is -2.40. The molecule has 1 amide bonds. The highest BCUT2D eigenvalue weighted by Crippen LogP contribution is 2.29. The predicted molar refractivity (Wildman–Crippen MR) is 93.5 cm³/mol. The molecule has 0 fully saturated rings. The summed E-state index contributed by atoms with van der Waals surface area (Å²) in [4.78, 5) is 12.1. The molecule has 1 N–H and O–H groups in total. The van der Waals surface area contributed by atoms with E-state index in [4.69, 9.17) is 4.74 Å². The Hall–Kier alpha value is -2.41. The number of benzene rings is 2. The summed E-state index contributed by atoms with van der Waals surface area (Å²) in [6.07, 6.45) is -3.98. The number of hydrogen-bond donors (Lipinski definition) is 1. The SMILES string of the molecule is COC(C)(CNC(=O)CCc1ccc(C(F)(F)F)cc1)c1ccccc1F. The highest BCUT2D eigenvalue weighted by Gasteiger charge is 2.30. The van der Waals surface area contributed by atoms with Gasteiger partial charge < -0.3 is 10.1 Å². The van der Waals surface area contributed by atoms with E-state index in [0.717, 1.165) is 12.1 Å². The van der Waals surface area contributed by atoms with Gasteiger partial charge in [-0.15, -0.1) is 0 Å². The molecule has 0 aliphatic rings. The molecule has 0 aliphatic carbocycles. The highest BCUT2D eigenvalue weighted by atomic mass is 19.4. The lowest BCUT2D eigenvalue weighted by molar-refractivity contribution is -0.137. The molecule has 2 aromatic carbocycles. The van der Waals surface area contributed by atoms with Crippen molar-refractivity contribution in [2.24, 2.45) is 0 Å². The third kappa shape index (κ3) is 5.53. The molecule has 1 unspecified atom stereocenters. The molecule has 2 aromatic rings. The van der Waals surface area contributed by atoms with Gasteiger partial charge in [-0.25, -0.2) is 4.39 Å². The molecule has 0 spiro atoms. The van der Waals surface area contributed by atoms with Crippen LogP contribution in [0.5, 0.6) is 0 Å². The molecule has 0 heterocycles. The van der Waals surface area contributed by atoms with E-state index in [1.165, 1.54) is 25.3 Å². The first-order chi connectivity index (χ1) is 12.7. The largest absolute Gasteiger partial charge is 0.416 e. The van der Waals surface area contributed by atoms with Crippen molar-refractivity contribution in [3.05, 3.63) is 71.0 Å². The van der Waals surface area contributed by atoms with E-state index in [-0.39, 0.29) is 18.9 Å². The van der Waals surface area contributed by atoms with Gasteiger partial charge in [-0.2, -0.15) is 13.2 Å². The van der Waals surface area contributed by atoms with Gasteiger partial charge in [0.2, 0.25) is 5.91 Å². The van der Waals surface area contributed by atoms with Crippen molar-refractivity contribution < 1.29 is 27.1 Å². The molecular formula is C20H21F4NO2. The van der Waals surface area contributed by atoms with Gasteiger partial charge in [-0.05, 0) is 37.1 Å². The molecule has 27 heavy (non-hydrogen) atoms. The van der Waals surface area contributed by atoms with Crippen LogP contribution < -0.4 is 5.32 Å². The first kappa shape index (κ1) is 20.9. The van der Waals surface area contributed by atoms with Gasteiger partial charge >= 0.3 is 6.18 Å². The van der Waals surface area contributed by atoms with E-state index in [1.807, 2.05) is 0 Å². The number of nitrogens with one attached hydrogen (secondary N) is 1. The fraction of sp³-hybridized carbons (Fsp3) is 0.350. The van der Waals surface area contributed by atoms with Crippen molar-refractivity contribution in [1.82, 2.24) is 5.32 Å². The monoisotopic (exact) mass is 383 g/mol. The number of alkyl halides is 3. The van der Waals surface area contributed by atoms with Crippen molar-refractivity contribution in [1.29, 1.82) is 0 Å². The van der Waals surface area contributed by atoms with Crippen LogP contribution in [-0.2, 0) is 27.7 Å². The van der Waals surface area contributed by atoms with E-state index in [0.29, 0.717) is 17.5 Å². The summed E-state index contributed by atoms with van der Waals surface area (Å²) in [6.45, 7) is 1.73. The third-order valence-electron chi connectivity index (χ3n) is 4.44. The predicted octanol–water partition coefficient (Wildman–Crippen LogP) is 4.46. The summed E-state index contributed by atoms with van der Waals surface area (Å²) in [5.41, 5.74) is -0.802. The summed E-state index contributed by atoms with van der Waals surface area (Å²) in [6, 6.07) is 10.9. The van der Waals surface area contributed by atoms with Gasteiger partial charge in [0.05, 0.1) is 12.1 Å². The number of methoxy groups -OCH3 is 1. The Morgan fingerprint density at radius 3 is 2.26 bits per heavy atom. The molecule has 0 aromatic heterocycles. The van der Waals surface area contributed by atoms with Gasteiger partial charge in [0.15, 0.2) is 0 Å². The van der Waals surface area contributed by atoms with Crippen LogP contribution in [0.25, 0.3) is 0 Å². The molecule has 3 nitrogen and oxygen atoms in total. The van der Waals surface area contributed by atoms with Crippen LogP contribution >= 0.6 is 0 Å². The number of carbonyl (C=O) groups excluding carboxylic acids is 1. The maximum Gasteiger partial charge on any atom is 0.416 e. The zero-order valence-corrected chi connectivity index (χ0v) is 15.1. The molecule has 0 radical (unpaired) electrons. The van der Waals surface area contributed by atoms with Crippen molar-refractivity contribution in [2.75, 3.05) is 13.7 Å². The van der Waals surface area contributed by atoms with Gasteiger partial charge in [0.25, 0.3) is 0 Å². The second kappa shape index (κ2) is 8.52. The van der Waals surface area contributed by atoms with Crippen molar-refractivity contribution >= 4 is 5.91 Å². The number of rotatable bonds is 7. The second-order valence-electron chi connectivity index (χ2n) is 6.39. The number of carbonyl (C=O) groups is 1. The van der Waals surface area contributed by atoms with Crippen LogP contribution in [0.3, 0.4) is 0 Å². The van der Waals surface area contributed by atoms with Crippen LogP contribution in [-0.4, -0.2) is 19.6 Å². The Bertz CT molecular complexity index is 774. The van der Waals surface area contributed by atoms with Gasteiger partial charge in [0, 0.05) is 19.1 Å². The molecular weight excluding hydrogens is 362 g/mol. The van der Waals surface area contributed by atoms with Crippen LogP contribution in [0, 0.1) is 5.82 Å². The Morgan fingerprint density at radius 1 is 1.07 bits per heavy atom. The minimum atomic E-state index is -4.38. The molecule has 1 atom stereocenters. The molecule has 0 saturated heterocycles. The Morgan fingerprint density at radius 2 is 1.70 bits per heavy atom. The molecule has 7 heteroatoms. The number of halogens is 4. The number of ether oxygens (including phenoxy) is 1. The van der Waals surface area contributed by atoms with Gasteiger partial charge in [0.1, 0.15) is 11.4 Å². The Kier molecular flexibility index (Phi) is 6.59. The quantitative estimate of drug-likeness (QED) is 0.717. The van der Waals surface area contributed by atoms with Crippen molar-refractivity contribution in [3.8, 4) is 0 Å². The molecule has 0 bridgehead atoms. The van der Waals surface area contributed by atoms with Crippen LogP contribution in [0.1, 0.15) is 30.0 Å². The zero-order chi connectivity index (χ0) is 20.1. The fourth-order valence-corrected chi connectivity index (χ4v) is 2.64. The second-order valence-corrected chi connectivity index (χ2v) is 6.39. The Balaban J connectivity index is 1.91. The minimum absolute atomic E-state index is 0.0658. The smallest absolute Gasteiger partial charge is 0.372 e. The summed E-state index contributed by atoms with van der Waals surface area (Å²) >= 11 is 0. The standard InChI is InChI=1S/C20H21F4NO2/c1-19(27-2,16-5-3-4-6-17(16)21)13-25-18(26)12-9-14-7-10-15(11-8-14)20(22,23)24/h3-8,10-11H,9,12-13H2,1-2H3,(H,25,26). The van der Waals surface area contributed by atoms with E-state index < -0.39 is 23.2 Å². The number of hydrogen-bond acceptors (Lipinski definition) is 2. The highest BCUT2D eigenvalue weighted by molar-refractivity contribution is 5.76. The van der Waals surface area contributed by atoms with Crippen molar-refractivity contribution in [3.63, 3.8) is 0 Å². The van der Waals surface area contributed by atoms with Crippen LogP contribution in [0.2, 0.25) is 0 Å². The summed E-state index contributed by atoms with van der Waals surface area (Å²) in [7, 11) is 1.43. The van der Waals surface area contributed by atoms with Crippen LogP contribution in [0.4, 0.5) is 17.6 Å². The number of amides is 1. The zero-order valence-electron chi connectivity index (χ0n) is 15.1. The summed E-state index contributed by atoms with van der Waals surface area (Å²) < 4.78 is 57.0. The fourth-order valence-electron chi connectivity index (χ4n) is 2.64. The van der Waals surface area contributed by atoms with E-state index >= 15 is 0 Å². The van der Waals surface area contributed by atoms with Crippen molar-refractivity contribution in [2.45, 2.75) is 31.5 Å². The third-order valence-corrected chi connectivity index (χ3v) is 4.44. The van der Waals surface area contributed by atoms with Gasteiger partial charge in [-0.1, -0.05) is 30.3 Å². The topological polar surface area (TPSA) is 38.3 Å². The van der Waals surface area contributed by atoms with Gasteiger partial charge in [-0.3, -0.25) is 4.79 Å². The Labute approximate surface area is 155 Å². The van der Waals surface area contributed by atoms with E-state index in [2.05, 4.69) is 5.32 Å². The molecule has 0 saturated carbocycles. The summed E-state index contributed by atoms with van der Waals surface area (Å²) in [5, 5.41) is 2.70. The summed E-state index contributed by atoms with van der Waals surface area (Å²) in [5.74, 6) is -0.727.